The predicted molar refractivity (Wildman–Crippen MR) is 66.9 cm³/mol. The molecule has 0 heterocycles. The van der Waals surface area contributed by atoms with Gasteiger partial charge in [0.05, 0.1) is 0 Å². The van der Waals surface area contributed by atoms with Crippen LogP contribution in [0.2, 0.25) is 0 Å². The van der Waals surface area contributed by atoms with Crippen molar-refractivity contribution >= 4 is 11.7 Å². The first-order valence-electron chi connectivity index (χ1n) is 6.15. The van der Waals surface area contributed by atoms with Crippen LogP contribution in [0.4, 0.5) is 0 Å². The molecule has 0 saturated heterocycles. The van der Waals surface area contributed by atoms with Crippen molar-refractivity contribution in [3.8, 4) is 0 Å². The minimum absolute atomic E-state index is 0.0491. The Morgan fingerprint density at radius 3 is 2.29 bits per heavy atom. The van der Waals surface area contributed by atoms with Crippen molar-refractivity contribution in [2.75, 3.05) is 33.4 Å². The highest BCUT2D eigenvalue weighted by Crippen LogP contribution is 1.90. The van der Waals surface area contributed by atoms with E-state index in [2.05, 4.69) is 10.6 Å². The topological polar surface area (TPSA) is 67.4 Å². The molecule has 1 amide bonds. The Labute approximate surface area is 103 Å². The molecule has 0 aliphatic rings. The molecule has 5 nitrogen and oxygen atoms in total. The van der Waals surface area contributed by atoms with Crippen molar-refractivity contribution in [3.63, 3.8) is 0 Å². The lowest BCUT2D eigenvalue weighted by molar-refractivity contribution is -0.124. The first-order chi connectivity index (χ1) is 8.16. The Balaban J connectivity index is 3.16. The number of hydrogen-bond acceptors (Lipinski definition) is 4. The molecule has 0 aromatic rings. The van der Waals surface area contributed by atoms with Gasteiger partial charge in [-0.15, -0.1) is 0 Å². The first kappa shape index (κ1) is 16.1. The third-order valence-electron chi connectivity index (χ3n) is 2.21. The number of carbonyl (C=O) groups excluding carboxylic acids is 2. The standard InChI is InChI=1S/C12H24N2O3/c1-11(15)5-6-12(16)14-8-4-10-17-9-3-7-13-2/h13H,3-10H2,1-2H3,(H,14,16). The fourth-order valence-corrected chi connectivity index (χ4v) is 1.23. The molecule has 0 spiro atoms. The van der Waals surface area contributed by atoms with Crippen LogP contribution in [-0.4, -0.2) is 45.0 Å². The quantitative estimate of drug-likeness (QED) is 0.519. The smallest absolute Gasteiger partial charge is 0.220 e. The molecule has 0 aromatic heterocycles. The molecule has 0 aliphatic carbocycles. The number of Topliss-reactive ketones (excluding diaryl/α,β-unsaturated/α-hetero) is 1. The predicted octanol–water partition coefficient (Wildman–Crippen LogP) is 0.488. The fourth-order valence-electron chi connectivity index (χ4n) is 1.23. The van der Waals surface area contributed by atoms with Gasteiger partial charge in [-0.3, -0.25) is 4.79 Å². The first-order valence-corrected chi connectivity index (χ1v) is 6.15. The van der Waals surface area contributed by atoms with Crippen LogP contribution in [0.15, 0.2) is 0 Å². The van der Waals surface area contributed by atoms with Crippen LogP contribution in [0.5, 0.6) is 0 Å². The van der Waals surface area contributed by atoms with E-state index < -0.39 is 0 Å². The summed E-state index contributed by atoms with van der Waals surface area (Å²) in [6.45, 7) is 4.48. The van der Waals surface area contributed by atoms with Gasteiger partial charge in [-0.05, 0) is 33.4 Å². The highest BCUT2D eigenvalue weighted by molar-refractivity contribution is 5.83. The average Bonchev–Trinajstić information content (AvgIpc) is 2.30. The Morgan fingerprint density at radius 2 is 1.71 bits per heavy atom. The van der Waals surface area contributed by atoms with Crippen LogP contribution in [0.1, 0.15) is 32.6 Å². The highest BCUT2D eigenvalue weighted by atomic mass is 16.5. The summed E-state index contributed by atoms with van der Waals surface area (Å²) in [6, 6.07) is 0. The normalized spacial score (nSPS) is 10.2. The van der Waals surface area contributed by atoms with E-state index in [9.17, 15) is 9.59 Å². The van der Waals surface area contributed by atoms with E-state index in [1.54, 1.807) is 0 Å². The van der Waals surface area contributed by atoms with Gasteiger partial charge >= 0.3 is 0 Å². The van der Waals surface area contributed by atoms with E-state index in [-0.39, 0.29) is 11.7 Å². The van der Waals surface area contributed by atoms with Crippen molar-refractivity contribution in [2.24, 2.45) is 0 Å². The van der Waals surface area contributed by atoms with Crippen molar-refractivity contribution in [3.05, 3.63) is 0 Å². The van der Waals surface area contributed by atoms with Crippen molar-refractivity contribution in [1.82, 2.24) is 10.6 Å². The van der Waals surface area contributed by atoms with Gasteiger partial charge in [0.2, 0.25) is 5.91 Å². The zero-order valence-electron chi connectivity index (χ0n) is 10.9. The summed E-state index contributed by atoms with van der Waals surface area (Å²) in [6.07, 6.45) is 2.43. The molecule has 0 rings (SSSR count). The maximum absolute atomic E-state index is 11.2. The van der Waals surface area contributed by atoms with E-state index in [1.165, 1.54) is 6.92 Å². The molecular formula is C12H24N2O3. The number of rotatable bonds is 11. The van der Waals surface area contributed by atoms with Gasteiger partial charge in [0.15, 0.2) is 0 Å². The molecule has 0 fully saturated rings. The number of nitrogens with one attached hydrogen (secondary N) is 2. The van der Waals surface area contributed by atoms with Gasteiger partial charge in [0.25, 0.3) is 0 Å². The third-order valence-corrected chi connectivity index (χ3v) is 2.21. The van der Waals surface area contributed by atoms with Crippen LogP contribution in [-0.2, 0) is 14.3 Å². The molecule has 17 heavy (non-hydrogen) atoms. The molecule has 0 saturated carbocycles. The Morgan fingerprint density at radius 1 is 1.06 bits per heavy atom. The second-order valence-corrected chi connectivity index (χ2v) is 3.98. The number of amides is 1. The maximum Gasteiger partial charge on any atom is 0.220 e. The van der Waals surface area contributed by atoms with Crippen LogP contribution < -0.4 is 10.6 Å². The highest BCUT2D eigenvalue weighted by Gasteiger charge is 2.02. The zero-order valence-corrected chi connectivity index (χ0v) is 10.9. The zero-order chi connectivity index (χ0) is 12.9. The lowest BCUT2D eigenvalue weighted by Gasteiger charge is -2.05. The monoisotopic (exact) mass is 244 g/mol. The lowest BCUT2D eigenvalue weighted by atomic mass is 10.2. The molecular weight excluding hydrogens is 220 g/mol. The van der Waals surface area contributed by atoms with Gasteiger partial charge < -0.3 is 20.2 Å². The number of ether oxygens (including phenoxy) is 1. The van der Waals surface area contributed by atoms with Crippen molar-refractivity contribution in [2.45, 2.75) is 32.6 Å². The number of hydrogen-bond donors (Lipinski definition) is 2. The lowest BCUT2D eigenvalue weighted by Crippen LogP contribution is -2.25. The molecule has 0 radical (unpaired) electrons. The average molecular weight is 244 g/mol. The molecule has 0 aromatic carbocycles. The van der Waals surface area contributed by atoms with Crippen molar-refractivity contribution in [1.29, 1.82) is 0 Å². The molecule has 2 N–H and O–H groups in total. The van der Waals surface area contributed by atoms with Gasteiger partial charge in [0.1, 0.15) is 5.78 Å². The van der Waals surface area contributed by atoms with E-state index in [1.807, 2.05) is 7.05 Å². The van der Waals surface area contributed by atoms with Crippen molar-refractivity contribution < 1.29 is 14.3 Å². The van der Waals surface area contributed by atoms with Gasteiger partial charge in [-0.1, -0.05) is 0 Å². The van der Waals surface area contributed by atoms with E-state index in [4.69, 9.17) is 4.74 Å². The second-order valence-electron chi connectivity index (χ2n) is 3.98. The van der Waals surface area contributed by atoms with Crippen LogP contribution in [0.25, 0.3) is 0 Å². The SMILES string of the molecule is CNCCCOCCCNC(=O)CCC(C)=O. The summed E-state index contributed by atoms with van der Waals surface area (Å²) in [5.74, 6) is -0.0107. The Kier molecular flexibility index (Phi) is 10.9. The largest absolute Gasteiger partial charge is 0.381 e. The minimum atomic E-state index is -0.0598. The van der Waals surface area contributed by atoms with Crippen LogP contribution in [0, 0.1) is 0 Å². The molecule has 0 unspecified atom stereocenters. The van der Waals surface area contributed by atoms with Crippen LogP contribution in [0.3, 0.4) is 0 Å². The Bertz CT molecular complexity index is 220. The van der Waals surface area contributed by atoms with E-state index in [0.717, 1.165) is 26.0 Å². The van der Waals surface area contributed by atoms with E-state index >= 15 is 0 Å². The molecule has 0 aliphatic heterocycles. The number of ketones is 1. The summed E-state index contributed by atoms with van der Waals surface area (Å²) in [5, 5.41) is 5.80. The molecule has 100 valence electrons. The molecule has 0 atom stereocenters. The maximum atomic E-state index is 11.2. The van der Waals surface area contributed by atoms with Gasteiger partial charge in [0, 0.05) is 32.6 Å². The van der Waals surface area contributed by atoms with Crippen LogP contribution >= 0.6 is 0 Å². The summed E-state index contributed by atoms with van der Waals surface area (Å²) in [7, 11) is 1.91. The summed E-state index contributed by atoms with van der Waals surface area (Å²) < 4.78 is 5.37. The van der Waals surface area contributed by atoms with E-state index in [0.29, 0.717) is 26.0 Å². The summed E-state index contributed by atoms with van der Waals surface area (Å²) >= 11 is 0. The summed E-state index contributed by atoms with van der Waals surface area (Å²) in [5.41, 5.74) is 0. The third kappa shape index (κ3) is 13.0. The fraction of sp³-hybridized carbons (Fsp3) is 0.833. The van der Waals surface area contributed by atoms with Gasteiger partial charge in [-0.25, -0.2) is 0 Å². The second kappa shape index (κ2) is 11.5. The summed E-state index contributed by atoms with van der Waals surface area (Å²) in [4.78, 5) is 21.9. The Hall–Kier alpha value is -0.940. The minimum Gasteiger partial charge on any atom is -0.381 e. The molecule has 5 heteroatoms. The van der Waals surface area contributed by atoms with Gasteiger partial charge in [-0.2, -0.15) is 0 Å². The molecule has 0 bridgehead atoms. The number of carbonyl (C=O) groups is 2.